The number of aryl methyl sites for hydroxylation is 2. The molecule has 1 rings (SSSR count). The average molecular weight is 237 g/mol. The van der Waals surface area contributed by atoms with E-state index in [0.717, 1.165) is 17.9 Å². The topological polar surface area (TPSA) is 60.9 Å². The minimum atomic E-state index is -0.684. The minimum absolute atomic E-state index is 0.108. The summed E-state index contributed by atoms with van der Waals surface area (Å²) in [6.45, 7) is 8.67. The van der Waals surface area contributed by atoms with Gasteiger partial charge in [0.1, 0.15) is 0 Å². The Morgan fingerprint density at radius 2 is 2.00 bits per heavy atom. The van der Waals surface area contributed by atoms with Crippen LogP contribution in [0.1, 0.15) is 45.0 Å². The molecule has 0 fully saturated rings. The van der Waals surface area contributed by atoms with Crippen molar-refractivity contribution in [2.24, 2.45) is 5.73 Å². The van der Waals surface area contributed by atoms with E-state index in [-0.39, 0.29) is 5.78 Å². The molecule has 0 saturated heterocycles. The van der Waals surface area contributed by atoms with E-state index in [1.54, 1.807) is 0 Å². The zero-order valence-electron chi connectivity index (χ0n) is 11.3. The Kier molecular flexibility index (Phi) is 4.46. The quantitative estimate of drug-likeness (QED) is 0.821. The van der Waals surface area contributed by atoms with Gasteiger partial charge in [0.2, 0.25) is 0 Å². The summed E-state index contributed by atoms with van der Waals surface area (Å²) in [5.41, 5.74) is 7.34. The summed E-state index contributed by atoms with van der Waals surface area (Å²) in [7, 11) is 0. The molecule has 0 spiro atoms. The van der Waals surface area contributed by atoms with Gasteiger partial charge in [-0.05, 0) is 32.8 Å². The van der Waals surface area contributed by atoms with Crippen LogP contribution in [0.2, 0.25) is 0 Å². The largest absolute Gasteiger partial charge is 0.319 e. The molecule has 4 heteroatoms. The van der Waals surface area contributed by atoms with Gasteiger partial charge in [0.15, 0.2) is 5.78 Å². The molecular weight excluding hydrogens is 214 g/mol. The first-order valence-electron chi connectivity index (χ1n) is 6.32. The van der Waals surface area contributed by atoms with Crippen LogP contribution in [0.25, 0.3) is 0 Å². The molecule has 1 aromatic rings. The van der Waals surface area contributed by atoms with E-state index in [9.17, 15) is 4.79 Å². The number of Topliss-reactive ketones (excluding diaryl/α,β-unsaturated/α-hetero) is 1. The fraction of sp³-hybridized carbons (Fsp3) is 0.692. The zero-order chi connectivity index (χ0) is 13.1. The number of nitrogens with zero attached hydrogens (tertiary/aromatic N) is 2. The van der Waals surface area contributed by atoms with Gasteiger partial charge in [-0.2, -0.15) is 5.10 Å². The summed E-state index contributed by atoms with van der Waals surface area (Å²) < 4.78 is 1.87. The van der Waals surface area contributed by atoms with Crippen molar-refractivity contribution in [3.63, 3.8) is 0 Å². The number of nitrogens with two attached hydrogens (primary N) is 1. The summed E-state index contributed by atoms with van der Waals surface area (Å²) in [6, 6.07) is 1.97. The van der Waals surface area contributed by atoms with E-state index in [2.05, 4.69) is 5.10 Å². The lowest BCUT2D eigenvalue weighted by Gasteiger charge is -2.24. The number of carbonyl (C=O) groups is 1. The molecule has 1 heterocycles. The molecule has 1 aromatic heterocycles. The molecule has 4 nitrogen and oxygen atoms in total. The number of carbonyl (C=O) groups excluding carboxylic acids is 1. The molecule has 96 valence electrons. The maximum absolute atomic E-state index is 12.2. The highest BCUT2D eigenvalue weighted by Gasteiger charge is 2.30. The van der Waals surface area contributed by atoms with E-state index in [0.29, 0.717) is 19.3 Å². The standard InChI is InChI=1S/C13H23N3O/c1-5-13(14,6-2)12(17)9-11-8-10(4)15-16(11)7-3/h8H,5-7,9,14H2,1-4H3. The second kappa shape index (κ2) is 5.45. The van der Waals surface area contributed by atoms with Gasteiger partial charge < -0.3 is 5.73 Å². The third-order valence-electron chi connectivity index (χ3n) is 3.44. The van der Waals surface area contributed by atoms with E-state index < -0.39 is 5.54 Å². The molecule has 0 atom stereocenters. The molecule has 0 unspecified atom stereocenters. The molecule has 0 aliphatic carbocycles. The fourth-order valence-corrected chi connectivity index (χ4v) is 2.00. The van der Waals surface area contributed by atoms with Crippen molar-refractivity contribution in [3.05, 3.63) is 17.5 Å². The second-order valence-electron chi connectivity index (χ2n) is 4.56. The van der Waals surface area contributed by atoms with Gasteiger partial charge in [0.05, 0.1) is 17.7 Å². The van der Waals surface area contributed by atoms with Crippen LogP contribution in [-0.2, 0) is 17.8 Å². The monoisotopic (exact) mass is 237 g/mol. The number of hydrogen-bond acceptors (Lipinski definition) is 3. The molecule has 0 bridgehead atoms. The summed E-state index contributed by atoms with van der Waals surface area (Å²) >= 11 is 0. The molecular formula is C13H23N3O. The van der Waals surface area contributed by atoms with Crippen molar-refractivity contribution >= 4 is 5.78 Å². The van der Waals surface area contributed by atoms with E-state index >= 15 is 0 Å². The Balaban J connectivity index is 2.87. The molecule has 0 aliphatic heterocycles. The molecule has 0 radical (unpaired) electrons. The number of ketones is 1. The predicted molar refractivity (Wildman–Crippen MR) is 68.8 cm³/mol. The molecule has 0 aliphatic rings. The van der Waals surface area contributed by atoms with Crippen LogP contribution in [0.15, 0.2) is 6.07 Å². The maximum Gasteiger partial charge on any atom is 0.158 e. The normalized spacial score (nSPS) is 11.8. The molecule has 0 saturated carbocycles. The summed E-state index contributed by atoms with van der Waals surface area (Å²) in [5.74, 6) is 0.108. The summed E-state index contributed by atoms with van der Waals surface area (Å²) in [6.07, 6.45) is 1.75. The summed E-state index contributed by atoms with van der Waals surface area (Å²) in [5, 5.41) is 4.34. The summed E-state index contributed by atoms with van der Waals surface area (Å²) in [4.78, 5) is 12.2. The van der Waals surface area contributed by atoms with Crippen LogP contribution in [0.4, 0.5) is 0 Å². The highest BCUT2D eigenvalue weighted by atomic mass is 16.1. The maximum atomic E-state index is 12.2. The van der Waals surface area contributed by atoms with Gasteiger partial charge in [-0.25, -0.2) is 0 Å². The number of aromatic nitrogens is 2. The third-order valence-corrected chi connectivity index (χ3v) is 3.44. The fourth-order valence-electron chi connectivity index (χ4n) is 2.00. The van der Waals surface area contributed by atoms with Crippen molar-refractivity contribution in [3.8, 4) is 0 Å². The van der Waals surface area contributed by atoms with Gasteiger partial charge >= 0.3 is 0 Å². The predicted octanol–water partition coefficient (Wildman–Crippen LogP) is 1.84. The van der Waals surface area contributed by atoms with Crippen LogP contribution in [0.3, 0.4) is 0 Å². The van der Waals surface area contributed by atoms with Gasteiger partial charge in [0, 0.05) is 12.2 Å². The second-order valence-corrected chi connectivity index (χ2v) is 4.56. The SMILES string of the molecule is CCn1nc(C)cc1CC(=O)C(N)(CC)CC. The van der Waals surface area contributed by atoms with Crippen LogP contribution in [0.5, 0.6) is 0 Å². The average Bonchev–Trinajstić information content (AvgIpc) is 2.68. The van der Waals surface area contributed by atoms with Crippen molar-refractivity contribution < 1.29 is 4.79 Å². The van der Waals surface area contributed by atoms with Crippen molar-refractivity contribution in [1.82, 2.24) is 9.78 Å². The molecule has 2 N–H and O–H groups in total. The van der Waals surface area contributed by atoms with Crippen molar-refractivity contribution in [2.45, 2.75) is 59.0 Å². The van der Waals surface area contributed by atoms with Gasteiger partial charge in [-0.1, -0.05) is 13.8 Å². The lowest BCUT2D eigenvalue weighted by molar-refractivity contribution is -0.123. The first-order chi connectivity index (χ1) is 7.96. The Labute approximate surface area is 103 Å². The van der Waals surface area contributed by atoms with E-state index in [4.69, 9.17) is 5.73 Å². The Bertz CT molecular complexity index is 391. The smallest absolute Gasteiger partial charge is 0.158 e. The Morgan fingerprint density at radius 3 is 2.47 bits per heavy atom. The van der Waals surface area contributed by atoms with Crippen molar-refractivity contribution in [1.29, 1.82) is 0 Å². The minimum Gasteiger partial charge on any atom is -0.319 e. The van der Waals surface area contributed by atoms with Crippen LogP contribution >= 0.6 is 0 Å². The molecule has 17 heavy (non-hydrogen) atoms. The lowest BCUT2D eigenvalue weighted by Crippen LogP contribution is -2.47. The third kappa shape index (κ3) is 2.94. The van der Waals surface area contributed by atoms with Crippen molar-refractivity contribution in [2.75, 3.05) is 0 Å². The number of rotatable bonds is 6. The highest BCUT2D eigenvalue weighted by Crippen LogP contribution is 2.16. The lowest BCUT2D eigenvalue weighted by atomic mass is 9.87. The van der Waals surface area contributed by atoms with E-state index in [1.165, 1.54) is 0 Å². The van der Waals surface area contributed by atoms with E-state index in [1.807, 2.05) is 38.4 Å². The molecule has 0 aromatic carbocycles. The van der Waals surface area contributed by atoms with Crippen LogP contribution < -0.4 is 5.73 Å². The highest BCUT2D eigenvalue weighted by molar-refractivity contribution is 5.89. The van der Waals surface area contributed by atoms with Crippen LogP contribution in [-0.4, -0.2) is 21.1 Å². The van der Waals surface area contributed by atoms with Gasteiger partial charge in [-0.15, -0.1) is 0 Å². The zero-order valence-corrected chi connectivity index (χ0v) is 11.3. The first-order valence-corrected chi connectivity index (χ1v) is 6.32. The van der Waals surface area contributed by atoms with Crippen LogP contribution in [0, 0.1) is 6.92 Å². The number of hydrogen-bond donors (Lipinski definition) is 1. The molecule has 0 amide bonds. The first kappa shape index (κ1) is 13.9. The Morgan fingerprint density at radius 1 is 1.41 bits per heavy atom. The van der Waals surface area contributed by atoms with Gasteiger partial charge in [0.25, 0.3) is 0 Å². The Hall–Kier alpha value is -1.16. The van der Waals surface area contributed by atoms with Gasteiger partial charge in [-0.3, -0.25) is 9.48 Å².